The van der Waals surface area contributed by atoms with E-state index in [4.69, 9.17) is 27.1 Å². The van der Waals surface area contributed by atoms with E-state index in [0.29, 0.717) is 28.1 Å². The first-order chi connectivity index (χ1) is 13.7. The summed E-state index contributed by atoms with van der Waals surface area (Å²) in [4.78, 5) is 9.43. The summed E-state index contributed by atoms with van der Waals surface area (Å²) in [6.07, 6.45) is 5.10. The molecule has 1 fully saturated rings. The third-order valence-electron chi connectivity index (χ3n) is 5.04. The Morgan fingerprint density at radius 1 is 1.04 bits per heavy atom. The highest BCUT2D eigenvalue weighted by Gasteiger charge is 2.23. The van der Waals surface area contributed by atoms with Crippen LogP contribution in [-0.4, -0.2) is 26.3 Å². The van der Waals surface area contributed by atoms with Gasteiger partial charge in [0.1, 0.15) is 11.8 Å². The van der Waals surface area contributed by atoms with Crippen molar-refractivity contribution >= 4 is 28.3 Å². The van der Waals surface area contributed by atoms with E-state index in [0.717, 1.165) is 34.9 Å². The lowest BCUT2D eigenvalue weighted by Gasteiger charge is -2.26. The molecule has 7 heteroatoms. The molecular weight excluding hydrogens is 374 g/mol. The van der Waals surface area contributed by atoms with Crippen LogP contribution in [0.3, 0.4) is 0 Å². The van der Waals surface area contributed by atoms with Crippen LogP contribution in [0.5, 0.6) is 5.88 Å². The fourth-order valence-electron chi connectivity index (χ4n) is 3.32. The quantitative estimate of drug-likeness (QED) is 0.518. The van der Waals surface area contributed by atoms with Crippen LogP contribution in [0.15, 0.2) is 48.7 Å². The molecule has 0 saturated heterocycles. The largest absolute Gasteiger partial charge is 0.472 e. The number of anilines is 1. The minimum Gasteiger partial charge on any atom is -0.472 e. The highest BCUT2D eigenvalue weighted by Crippen LogP contribution is 2.37. The van der Waals surface area contributed by atoms with Gasteiger partial charge in [-0.25, -0.2) is 9.97 Å². The number of nitrogens with two attached hydrogens (primary N) is 1. The Balaban J connectivity index is 1.71. The average molecular weight is 392 g/mol. The van der Waals surface area contributed by atoms with Crippen molar-refractivity contribution in [3.8, 4) is 28.4 Å². The summed E-state index contributed by atoms with van der Waals surface area (Å²) in [5, 5.41) is 8.47. The average Bonchev–Trinajstić information content (AvgIpc) is 3.15. The monoisotopic (exact) mass is 391 g/mol. The molecule has 1 saturated carbocycles. The molecule has 4 aromatic rings. The van der Waals surface area contributed by atoms with Gasteiger partial charge >= 0.3 is 0 Å². The normalized spacial score (nSPS) is 14.2. The molecule has 2 heterocycles. The van der Waals surface area contributed by atoms with Gasteiger partial charge in [0, 0.05) is 16.5 Å². The Morgan fingerprint density at radius 3 is 2.57 bits per heavy atom. The summed E-state index contributed by atoms with van der Waals surface area (Å²) in [5.74, 6) is 0.674. The zero-order valence-corrected chi connectivity index (χ0v) is 15.8. The number of benzene rings is 2. The number of ether oxygens (including phenoxy) is 1. The Bertz CT molecular complexity index is 1150. The molecule has 0 aliphatic heterocycles. The Hall–Kier alpha value is -3.12. The molecule has 2 aromatic carbocycles. The SMILES string of the molecule is Nc1nc(-c2ccccc2)c(-c2cc(Cl)c3[nH]ncc3c2)nc1OC1CCC1. The van der Waals surface area contributed by atoms with Gasteiger partial charge in [-0.2, -0.15) is 5.10 Å². The molecular formula is C21H18ClN5O. The number of rotatable bonds is 4. The fraction of sp³-hybridized carbons (Fsp3) is 0.190. The predicted octanol–water partition coefficient (Wildman–Crippen LogP) is 4.85. The Kier molecular flexibility index (Phi) is 4.13. The van der Waals surface area contributed by atoms with E-state index < -0.39 is 0 Å². The Morgan fingerprint density at radius 2 is 1.82 bits per heavy atom. The topological polar surface area (TPSA) is 89.7 Å². The van der Waals surface area contributed by atoms with Crippen LogP contribution in [-0.2, 0) is 0 Å². The van der Waals surface area contributed by atoms with Crippen molar-refractivity contribution in [3.63, 3.8) is 0 Å². The van der Waals surface area contributed by atoms with E-state index in [-0.39, 0.29) is 6.10 Å². The van der Waals surface area contributed by atoms with Crippen molar-refractivity contribution < 1.29 is 4.74 Å². The van der Waals surface area contributed by atoms with Gasteiger partial charge < -0.3 is 10.5 Å². The number of nitrogens with one attached hydrogen (secondary N) is 1. The van der Waals surface area contributed by atoms with Crippen molar-refractivity contribution in [3.05, 3.63) is 53.7 Å². The van der Waals surface area contributed by atoms with Gasteiger partial charge in [0.2, 0.25) is 0 Å². The molecule has 0 amide bonds. The van der Waals surface area contributed by atoms with Gasteiger partial charge in [0.25, 0.3) is 5.88 Å². The lowest BCUT2D eigenvalue weighted by molar-refractivity contribution is 0.115. The first-order valence-electron chi connectivity index (χ1n) is 9.21. The predicted molar refractivity (Wildman–Crippen MR) is 110 cm³/mol. The van der Waals surface area contributed by atoms with E-state index >= 15 is 0 Å². The van der Waals surface area contributed by atoms with Crippen LogP contribution in [0.1, 0.15) is 19.3 Å². The molecule has 1 aliphatic carbocycles. The molecule has 28 heavy (non-hydrogen) atoms. The van der Waals surface area contributed by atoms with Gasteiger partial charge in [0.05, 0.1) is 22.4 Å². The number of H-pyrrole nitrogens is 1. The highest BCUT2D eigenvalue weighted by atomic mass is 35.5. The standard InChI is InChI=1S/C21H18ClN5O/c22-16-10-13(9-14-11-24-27-17(14)16)19-18(12-5-2-1-3-6-12)25-20(23)21(26-19)28-15-7-4-8-15/h1-3,5-6,9-11,15H,4,7-8H2,(H2,23,25)(H,24,27). The van der Waals surface area contributed by atoms with Gasteiger partial charge in [-0.15, -0.1) is 0 Å². The van der Waals surface area contributed by atoms with Gasteiger partial charge in [-0.1, -0.05) is 41.9 Å². The smallest absolute Gasteiger partial charge is 0.258 e. The summed E-state index contributed by atoms with van der Waals surface area (Å²) in [7, 11) is 0. The van der Waals surface area contributed by atoms with E-state index in [9.17, 15) is 0 Å². The number of aromatic amines is 1. The maximum atomic E-state index is 6.46. The second-order valence-corrected chi connectivity index (χ2v) is 7.35. The van der Waals surface area contributed by atoms with Crippen molar-refractivity contribution in [2.45, 2.75) is 25.4 Å². The first-order valence-corrected chi connectivity index (χ1v) is 9.59. The molecule has 0 radical (unpaired) electrons. The maximum absolute atomic E-state index is 6.46. The third-order valence-corrected chi connectivity index (χ3v) is 5.34. The summed E-state index contributed by atoms with van der Waals surface area (Å²) in [5.41, 5.74) is 10.1. The van der Waals surface area contributed by atoms with E-state index in [1.54, 1.807) is 6.20 Å². The molecule has 140 valence electrons. The second kappa shape index (κ2) is 6.80. The summed E-state index contributed by atoms with van der Waals surface area (Å²) < 4.78 is 5.99. The van der Waals surface area contributed by atoms with Crippen molar-refractivity contribution in [2.24, 2.45) is 0 Å². The number of nitrogen functional groups attached to an aromatic ring is 1. The maximum Gasteiger partial charge on any atom is 0.258 e. The van der Waals surface area contributed by atoms with Gasteiger partial charge in [0.15, 0.2) is 5.82 Å². The number of halogens is 1. The molecule has 0 unspecified atom stereocenters. The van der Waals surface area contributed by atoms with E-state index in [1.165, 1.54) is 6.42 Å². The molecule has 2 aromatic heterocycles. The first kappa shape index (κ1) is 17.0. The zero-order valence-electron chi connectivity index (χ0n) is 15.0. The van der Waals surface area contributed by atoms with Crippen LogP contribution in [0.2, 0.25) is 5.02 Å². The van der Waals surface area contributed by atoms with Gasteiger partial charge in [-0.05, 0) is 31.4 Å². The van der Waals surface area contributed by atoms with E-state index in [2.05, 4.69) is 15.2 Å². The van der Waals surface area contributed by atoms with Crippen molar-refractivity contribution in [1.82, 2.24) is 20.2 Å². The number of nitrogens with zero attached hydrogens (tertiary/aromatic N) is 3. The Labute approximate surface area is 166 Å². The van der Waals surface area contributed by atoms with Crippen LogP contribution in [0, 0.1) is 0 Å². The molecule has 0 spiro atoms. The third kappa shape index (κ3) is 2.96. The van der Waals surface area contributed by atoms with E-state index in [1.807, 2.05) is 42.5 Å². The highest BCUT2D eigenvalue weighted by molar-refractivity contribution is 6.35. The minimum absolute atomic E-state index is 0.159. The molecule has 1 aliphatic rings. The van der Waals surface area contributed by atoms with Crippen LogP contribution < -0.4 is 10.5 Å². The van der Waals surface area contributed by atoms with Gasteiger partial charge in [-0.3, -0.25) is 5.10 Å². The fourth-order valence-corrected chi connectivity index (χ4v) is 3.58. The number of aromatic nitrogens is 4. The lowest BCUT2D eigenvalue weighted by Crippen LogP contribution is -2.25. The number of hydrogen-bond acceptors (Lipinski definition) is 5. The minimum atomic E-state index is 0.159. The molecule has 6 nitrogen and oxygen atoms in total. The van der Waals surface area contributed by atoms with Crippen LogP contribution >= 0.6 is 11.6 Å². The lowest BCUT2D eigenvalue weighted by atomic mass is 9.96. The summed E-state index contributed by atoms with van der Waals surface area (Å²) in [6, 6.07) is 13.7. The van der Waals surface area contributed by atoms with Crippen molar-refractivity contribution in [2.75, 3.05) is 5.73 Å². The summed E-state index contributed by atoms with van der Waals surface area (Å²) in [6.45, 7) is 0. The molecule has 3 N–H and O–H groups in total. The zero-order chi connectivity index (χ0) is 19.1. The molecule has 0 bridgehead atoms. The van der Waals surface area contributed by atoms with Crippen molar-refractivity contribution in [1.29, 1.82) is 0 Å². The van der Waals surface area contributed by atoms with Crippen LogP contribution in [0.4, 0.5) is 5.82 Å². The molecule has 5 rings (SSSR count). The summed E-state index contributed by atoms with van der Waals surface area (Å²) >= 11 is 6.46. The second-order valence-electron chi connectivity index (χ2n) is 6.94. The number of fused-ring (bicyclic) bond motifs is 1. The number of hydrogen-bond donors (Lipinski definition) is 2. The van der Waals surface area contributed by atoms with Crippen LogP contribution in [0.25, 0.3) is 33.4 Å². The molecule has 0 atom stereocenters.